The number of carboxylic acids is 1. The third-order valence-electron chi connectivity index (χ3n) is 1.01. The van der Waals surface area contributed by atoms with Crippen LogP contribution >= 0.6 is 0 Å². The number of amides is 2. The van der Waals surface area contributed by atoms with Gasteiger partial charge in [0.2, 0.25) is 0 Å². The number of hydrogen-bond donors (Lipinski definition) is 2. The van der Waals surface area contributed by atoms with Crippen LogP contribution in [0.25, 0.3) is 0 Å². The molecule has 0 heterocycles. The molecule has 0 saturated carbocycles. The normalized spacial score (nSPS) is 7.43. The molecular weight excluding hydrogens is 195 g/mol. The number of hydrogen-bond acceptors (Lipinski definition) is 3. The fourth-order valence-electron chi connectivity index (χ4n) is 0.574. The van der Waals surface area contributed by atoms with E-state index in [9.17, 15) is 9.90 Å². The van der Waals surface area contributed by atoms with E-state index in [0.717, 1.165) is 0 Å². The average molecular weight is 204 g/mol. The van der Waals surface area contributed by atoms with Crippen LogP contribution in [0, 0.1) is 0 Å². The van der Waals surface area contributed by atoms with Crippen molar-refractivity contribution in [3.05, 3.63) is 35.9 Å². The van der Waals surface area contributed by atoms with Crippen LogP contribution in [0.4, 0.5) is 4.79 Å². The first-order chi connectivity index (χ1) is 6.04. The Morgan fingerprint density at radius 1 is 1.07 bits per heavy atom. The monoisotopic (exact) mass is 204 g/mol. The molecule has 0 spiro atoms. The van der Waals surface area contributed by atoms with E-state index in [1.807, 2.05) is 0 Å². The van der Waals surface area contributed by atoms with Gasteiger partial charge in [-0.25, -0.2) is 4.79 Å². The molecular formula is C8H9N2NaO3. The van der Waals surface area contributed by atoms with Crippen molar-refractivity contribution < 1.29 is 44.3 Å². The molecule has 1 aromatic rings. The number of nitrogens with two attached hydrogens (primary N) is 2. The van der Waals surface area contributed by atoms with E-state index in [0.29, 0.717) is 0 Å². The molecule has 0 fully saturated rings. The minimum absolute atomic E-state index is 0. The van der Waals surface area contributed by atoms with Crippen LogP contribution in [0.3, 0.4) is 0 Å². The molecule has 0 radical (unpaired) electrons. The van der Waals surface area contributed by atoms with Gasteiger partial charge in [-0.05, 0) is 5.56 Å². The van der Waals surface area contributed by atoms with Gasteiger partial charge in [0.25, 0.3) is 0 Å². The molecule has 5 nitrogen and oxygen atoms in total. The van der Waals surface area contributed by atoms with Crippen molar-refractivity contribution >= 4 is 12.0 Å². The number of rotatable bonds is 1. The maximum absolute atomic E-state index is 10.1. The number of carboxylic acid groups (broad SMARTS) is 1. The third-order valence-corrected chi connectivity index (χ3v) is 1.01. The third kappa shape index (κ3) is 9.05. The topological polar surface area (TPSA) is 109 Å². The smallest absolute Gasteiger partial charge is 0.545 e. The van der Waals surface area contributed by atoms with Crippen LogP contribution in [0.1, 0.15) is 10.4 Å². The predicted molar refractivity (Wildman–Crippen MR) is 44.5 cm³/mol. The first-order valence-corrected chi connectivity index (χ1v) is 3.35. The Hall–Kier alpha value is -1.04. The van der Waals surface area contributed by atoms with Gasteiger partial charge >= 0.3 is 35.6 Å². The molecule has 1 rings (SSSR count). The molecule has 0 aliphatic heterocycles. The van der Waals surface area contributed by atoms with Gasteiger partial charge in [0.15, 0.2) is 0 Å². The Balaban J connectivity index is 0. The number of aromatic carboxylic acids is 1. The van der Waals surface area contributed by atoms with Crippen molar-refractivity contribution in [2.75, 3.05) is 0 Å². The van der Waals surface area contributed by atoms with Gasteiger partial charge in [-0.2, -0.15) is 0 Å². The molecule has 0 aliphatic rings. The summed E-state index contributed by atoms with van der Waals surface area (Å²) in [7, 11) is 0. The van der Waals surface area contributed by atoms with E-state index >= 15 is 0 Å². The molecule has 2 amide bonds. The molecule has 0 bridgehead atoms. The SMILES string of the molecule is NC(N)=O.O=C([O-])c1ccccc1.[Na+]. The number of carbonyl (C=O) groups excluding carboxylic acids is 2. The van der Waals surface area contributed by atoms with Crippen molar-refractivity contribution in [3.8, 4) is 0 Å². The summed E-state index contributed by atoms with van der Waals surface area (Å²) in [5.41, 5.74) is 8.72. The zero-order valence-corrected chi connectivity index (χ0v) is 9.77. The summed E-state index contributed by atoms with van der Waals surface area (Å²) in [5, 5.41) is 10.1. The van der Waals surface area contributed by atoms with E-state index in [-0.39, 0.29) is 35.1 Å². The second-order valence-corrected chi connectivity index (χ2v) is 2.06. The Bertz CT molecular complexity index is 286. The molecule has 0 saturated heterocycles. The van der Waals surface area contributed by atoms with Crippen LogP contribution in [0.2, 0.25) is 0 Å². The van der Waals surface area contributed by atoms with Gasteiger partial charge in [0.1, 0.15) is 0 Å². The summed E-state index contributed by atoms with van der Waals surface area (Å²) in [6.07, 6.45) is 0. The van der Waals surface area contributed by atoms with Crippen LogP contribution in [-0.2, 0) is 0 Å². The fourth-order valence-corrected chi connectivity index (χ4v) is 0.574. The molecule has 0 aromatic heterocycles. The maximum Gasteiger partial charge on any atom is 1.00 e. The Morgan fingerprint density at radius 2 is 1.43 bits per heavy atom. The van der Waals surface area contributed by atoms with Crippen LogP contribution in [0.15, 0.2) is 30.3 Å². The second-order valence-electron chi connectivity index (χ2n) is 2.06. The summed E-state index contributed by atoms with van der Waals surface area (Å²) in [6.45, 7) is 0. The van der Waals surface area contributed by atoms with Crippen molar-refractivity contribution in [1.29, 1.82) is 0 Å². The van der Waals surface area contributed by atoms with E-state index < -0.39 is 12.0 Å². The number of benzene rings is 1. The van der Waals surface area contributed by atoms with Gasteiger partial charge in [-0.15, -0.1) is 0 Å². The van der Waals surface area contributed by atoms with Crippen LogP contribution < -0.4 is 46.1 Å². The number of carbonyl (C=O) groups is 2. The summed E-state index contributed by atoms with van der Waals surface area (Å²) in [5.74, 6) is -1.13. The Morgan fingerprint density at radius 3 is 1.64 bits per heavy atom. The zero-order chi connectivity index (χ0) is 10.3. The molecule has 1 aromatic carbocycles. The predicted octanol–water partition coefficient (Wildman–Crippen LogP) is -3.92. The molecule has 4 N–H and O–H groups in total. The molecule has 6 heteroatoms. The van der Waals surface area contributed by atoms with Gasteiger partial charge in [-0.1, -0.05) is 30.3 Å². The summed E-state index contributed by atoms with van der Waals surface area (Å²) < 4.78 is 0. The first-order valence-electron chi connectivity index (χ1n) is 3.35. The zero-order valence-electron chi connectivity index (χ0n) is 7.77. The molecule has 14 heavy (non-hydrogen) atoms. The van der Waals surface area contributed by atoms with Crippen LogP contribution in [-0.4, -0.2) is 12.0 Å². The molecule has 0 aliphatic carbocycles. The standard InChI is InChI=1S/C7H6O2.CH4N2O.Na/c8-7(9)6-4-2-1-3-5-6;2-1(3)4;/h1-5H,(H,8,9);(H4,2,3,4);/q;;+1/p-1. The van der Waals surface area contributed by atoms with Crippen molar-refractivity contribution in [3.63, 3.8) is 0 Å². The van der Waals surface area contributed by atoms with Crippen LogP contribution in [0.5, 0.6) is 0 Å². The van der Waals surface area contributed by atoms with Gasteiger partial charge in [0.05, 0.1) is 5.97 Å². The minimum Gasteiger partial charge on any atom is -0.545 e. The maximum atomic E-state index is 10.1. The van der Waals surface area contributed by atoms with E-state index in [1.165, 1.54) is 12.1 Å². The first kappa shape index (κ1) is 15.4. The average Bonchev–Trinajstić information content (AvgIpc) is 2.05. The summed E-state index contributed by atoms with van der Waals surface area (Å²) in [6, 6.07) is 7.23. The molecule has 70 valence electrons. The summed E-state index contributed by atoms with van der Waals surface area (Å²) >= 11 is 0. The quantitative estimate of drug-likeness (QED) is 0.456. The van der Waals surface area contributed by atoms with E-state index in [4.69, 9.17) is 4.79 Å². The van der Waals surface area contributed by atoms with Gasteiger partial charge < -0.3 is 21.4 Å². The van der Waals surface area contributed by atoms with E-state index in [1.54, 1.807) is 18.2 Å². The summed E-state index contributed by atoms with van der Waals surface area (Å²) in [4.78, 5) is 19.1. The fraction of sp³-hybridized carbons (Fsp3) is 0. The number of primary amides is 2. The number of urea groups is 1. The Labute approximate surface area is 103 Å². The molecule has 0 unspecified atom stereocenters. The van der Waals surface area contributed by atoms with Crippen molar-refractivity contribution in [2.24, 2.45) is 11.5 Å². The van der Waals surface area contributed by atoms with Gasteiger partial charge in [0, 0.05) is 0 Å². The van der Waals surface area contributed by atoms with E-state index in [2.05, 4.69) is 11.5 Å². The van der Waals surface area contributed by atoms with Crippen molar-refractivity contribution in [2.45, 2.75) is 0 Å². The largest absolute Gasteiger partial charge is 1.00 e. The van der Waals surface area contributed by atoms with Gasteiger partial charge in [-0.3, -0.25) is 0 Å². The van der Waals surface area contributed by atoms with Crippen molar-refractivity contribution in [1.82, 2.24) is 0 Å². The molecule has 0 atom stereocenters. The minimum atomic E-state index is -1.13. The Kier molecular flexibility index (Phi) is 9.43. The second kappa shape index (κ2) is 8.55.